The summed E-state index contributed by atoms with van der Waals surface area (Å²) in [4.78, 5) is 15.0. The lowest BCUT2D eigenvalue weighted by Crippen LogP contribution is -2.29. The molecule has 0 aliphatic carbocycles. The summed E-state index contributed by atoms with van der Waals surface area (Å²) in [5, 5.41) is 4.81. The van der Waals surface area contributed by atoms with Gasteiger partial charge in [0.1, 0.15) is 0 Å². The Morgan fingerprint density at radius 3 is 2.46 bits per heavy atom. The molecule has 1 aromatic carbocycles. The van der Waals surface area contributed by atoms with Crippen molar-refractivity contribution in [3.05, 3.63) is 52.8 Å². The van der Waals surface area contributed by atoms with Crippen molar-refractivity contribution >= 4 is 5.91 Å². The molecular weight excluding hydrogens is 298 g/mol. The van der Waals surface area contributed by atoms with Crippen LogP contribution in [0.3, 0.4) is 0 Å². The molecule has 0 radical (unpaired) electrons. The van der Waals surface area contributed by atoms with E-state index in [1.54, 1.807) is 0 Å². The molecule has 24 heavy (non-hydrogen) atoms. The van der Waals surface area contributed by atoms with Crippen molar-refractivity contribution in [1.82, 2.24) is 14.7 Å². The number of carbonyl (C=O) groups excluding carboxylic acids is 1. The molecule has 1 aliphatic rings. The van der Waals surface area contributed by atoms with Crippen LogP contribution in [0.5, 0.6) is 0 Å². The van der Waals surface area contributed by atoms with Crippen LogP contribution in [0.1, 0.15) is 54.0 Å². The van der Waals surface area contributed by atoms with Crippen molar-refractivity contribution in [2.45, 2.75) is 46.6 Å². The molecule has 1 amide bonds. The number of nitrogens with zero attached hydrogens (tertiary/aromatic N) is 3. The van der Waals surface area contributed by atoms with Crippen LogP contribution in [-0.2, 0) is 13.0 Å². The number of benzene rings is 1. The van der Waals surface area contributed by atoms with Crippen LogP contribution in [0.4, 0.5) is 0 Å². The van der Waals surface area contributed by atoms with E-state index >= 15 is 0 Å². The summed E-state index contributed by atoms with van der Waals surface area (Å²) in [5.74, 6) is 0.648. The first-order valence-electron chi connectivity index (χ1n) is 8.95. The van der Waals surface area contributed by atoms with Gasteiger partial charge in [-0.25, -0.2) is 0 Å². The molecular formula is C20H27N3O. The molecule has 0 bridgehead atoms. The van der Waals surface area contributed by atoms with E-state index in [1.807, 2.05) is 34.7 Å². The van der Waals surface area contributed by atoms with Gasteiger partial charge in [0, 0.05) is 18.8 Å². The smallest absolute Gasteiger partial charge is 0.257 e. The highest BCUT2D eigenvalue weighted by Crippen LogP contribution is 2.22. The molecule has 0 unspecified atom stereocenters. The summed E-state index contributed by atoms with van der Waals surface area (Å²) >= 11 is 0. The molecule has 1 saturated heterocycles. The zero-order chi connectivity index (χ0) is 17.1. The Bertz CT molecular complexity index is 697. The highest BCUT2D eigenvalue weighted by molar-refractivity contribution is 5.96. The summed E-state index contributed by atoms with van der Waals surface area (Å²) in [7, 11) is 0. The predicted octanol–water partition coefficient (Wildman–Crippen LogP) is 3.67. The summed E-state index contributed by atoms with van der Waals surface area (Å²) in [5.41, 5.74) is 3.99. The summed E-state index contributed by atoms with van der Waals surface area (Å²) in [6.45, 7) is 8.85. The van der Waals surface area contributed by atoms with Gasteiger partial charge in [0.25, 0.3) is 5.91 Å². The first-order chi connectivity index (χ1) is 11.6. The minimum absolute atomic E-state index is 0.167. The largest absolute Gasteiger partial charge is 0.339 e. The van der Waals surface area contributed by atoms with E-state index in [0.717, 1.165) is 49.3 Å². The average molecular weight is 325 g/mol. The van der Waals surface area contributed by atoms with E-state index in [-0.39, 0.29) is 5.91 Å². The summed E-state index contributed by atoms with van der Waals surface area (Å²) in [6.07, 6.45) is 3.07. The zero-order valence-electron chi connectivity index (χ0n) is 15.0. The predicted molar refractivity (Wildman–Crippen MR) is 96.2 cm³/mol. The Morgan fingerprint density at radius 1 is 1.17 bits per heavy atom. The molecule has 128 valence electrons. The molecule has 1 fully saturated rings. The highest BCUT2D eigenvalue weighted by atomic mass is 16.2. The molecule has 0 saturated carbocycles. The van der Waals surface area contributed by atoms with E-state index in [0.29, 0.717) is 12.5 Å². The molecule has 4 nitrogen and oxygen atoms in total. The lowest BCUT2D eigenvalue weighted by atomic mass is 10.0. The van der Waals surface area contributed by atoms with E-state index in [9.17, 15) is 4.79 Å². The maximum Gasteiger partial charge on any atom is 0.257 e. The third kappa shape index (κ3) is 3.53. The number of carbonyl (C=O) groups is 1. The van der Waals surface area contributed by atoms with Gasteiger partial charge in [0.2, 0.25) is 0 Å². The molecule has 2 heterocycles. The third-order valence-electron chi connectivity index (χ3n) is 4.66. The number of hydrogen-bond donors (Lipinski definition) is 0. The van der Waals surface area contributed by atoms with Crippen molar-refractivity contribution in [3.8, 4) is 0 Å². The van der Waals surface area contributed by atoms with Crippen molar-refractivity contribution in [1.29, 1.82) is 0 Å². The number of aromatic nitrogens is 2. The number of rotatable bonds is 5. The maximum absolute atomic E-state index is 13.0. The van der Waals surface area contributed by atoms with Crippen molar-refractivity contribution < 1.29 is 4.79 Å². The Hall–Kier alpha value is -2.10. The monoisotopic (exact) mass is 325 g/mol. The third-order valence-corrected chi connectivity index (χ3v) is 4.66. The molecule has 3 rings (SSSR count). The van der Waals surface area contributed by atoms with Gasteiger partial charge in [-0.1, -0.05) is 44.2 Å². The lowest BCUT2D eigenvalue weighted by Gasteiger charge is -2.16. The Morgan fingerprint density at radius 2 is 1.83 bits per heavy atom. The standard InChI is InChI=1S/C20H27N3O/c1-15(2)13-18-19(20(24)22-11-7-8-12-22)16(3)23(21-18)14-17-9-5-4-6-10-17/h4-6,9-10,15H,7-8,11-14H2,1-3H3. The summed E-state index contributed by atoms with van der Waals surface area (Å²) in [6, 6.07) is 10.3. The SMILES string of the molecule is Cc1c(C(=O)N2CCCC2)c(CC(C)C)nn1Cc1ccccc1. The van der Waals surface area contributed by atoms with Gasteiger partial charge in [0.15, 0.2) is 0 Å². The quantitative estimate of drug-likeness (QED) is 0.841. The Labute approximate surface area is 144 Å². The molecule has 1 aromatic heterocycles. The van der Waals surface area contributed by atoms with Crippen LogP contribution in [0.2, 0.25) is 0 Å². The van der Waals surface area contributed by atoms with Crippen molar-refractivity contribution in [3.63, 3.8) is 0 Å². The van der Waals surface area contributed by atoms with E-state index < -0.39 is 0 Å². The topological polar surface area (TPSA) is 38.1 Å². The minimum Gasteiger partial charge on any atom is -0.339 e. The zero-order valence-corrected chi connectivity index (χ0v) is 15.0. The second-order valence-electron chi connectivity index (χ2n) is 7.15. The minimum atomic E-state index is 0.167. The van der Waals surface area contributed by atoms with Gasteiger partial charge in [-0.05, 0) is 37.7 Å². The molecule has 0 atom stereocenters. The Balaban J connectivity index is 1.94. The molecule has 1 aliphatic heterocycles. The summed E-state index contributed by atoms with van der Waals surface area (Å²) < 4.78 is 2.00. The second kappa shape index (κ2) is 7.20. The fourth-order valence-electron chi connectivity index (χ4n) is 3.40. The first kappa shape index (κ1) is 16.7. The van der Waals surface area contributed by atoms with Gasteiger partial charge >= 0.3 is 0 Å². The van der Waals surface area contributed by atoms with Gasteiger partial charge in [-0.15, -0.1) is 0 Å². The van der Waals surface area contributed by atoms with Crippen LogP contribution >= 0.6 is 0 Å². The number of hydrogen-bond acceptors (Lipinski definition) is 2. The fourth-order valence-corrected chi connectivity index (χ4v) is 3.40. The van der Waals surface area contributed by atoms with Crippen LogP contribution in [0, 0.1) is 12.8 Å². The van der Waals surface area contributed by atoms with E-state index in [4.69, 9.17) is 5.10 Å². The number of likely N-dealkylation sites (tertiary alicyclic amines) is 1. The van der Waals surface area contributed by atoms with Gasteiger partial charge < -0.3 is 4.90 Å². The van der Waals surface area contributed by atoms with Crippen molar-refractivity contribution in [2.24, 2.45) is 5.92 Å². The van der Waals surface area contributed by atoms with Crippen LogP contribution in [0.15, 0.2) is 30.3 Å². The molecule has 2 aromatic rings. The normalized spacial score (nSPS) is 14.6. The van der Waals surface area contributed by atoms with Gasteiger partial charge in [0.05, 0.1) is 17.8 Å². The molecule has 4 heteroatoms. The van der Waals surface area contributed by atoms with Gasteiger partial charge in [-0.3, -0.25) is 9.48 Å². The van der Waals surface area contributed by atoms with Crippen molar-refractivity contribution in [2.75, 3.05) is 13.1 Å². The maximum atomic E-state index is 13.0. The van der Waals surface area contributed by atoms with Crippen LogP contribution in [-0.4, -0.2) is 33.7 Å². The highest BCUT2D eigenvalue weighted by Gasteiger charge is 2.27. The first-order valence-corrected chi connectivity index (χ1v) is 8.95. The molecule has 0 spiro atoms. The van der Waals surface area contributed by atoms with Gasteiger partial charge in [-0.2, -0.15) is 5.10 Å². The van der Waals surface area contributed by atoms with Crippen LogP contribution < -0.4 is 0 Å². The average Bonchev–Trinajstić information content (AvgIpc) is 3.17. The second-order valence-corrected chi connectivity index (χ2v) is 7.15. The van der Waals surface area contributed by atoms with Crippen LogP contribution in [0.25, 0.3) is 0 Å². The molecule has 0 N–H and O–H groups in total. The number of amides is 1. The fraction of sp³-hybridized carbons (Fsp3) is 0.500. The van der Waals surface area contributed by atoms with E-state index in [1.165, 1.54) is 5.56 Å². The lowest BCUT2D eigenvalue weighted by molar-refractivity contribution is 0.0790. The van der Waals surface area contributed by atoms with E-state index in [2.05, 4.69) is 26.0 Å². The Kier molecular flexibility index (Phi) is 5.03.